The molecular formula is C31H35N3O2. The SMILES string of the molecule is CCCNC(=O)C1(CCCCN2CC(NC(=O)c3ccccc3)C2)c2ccccc2-c2ccccc21. The first kappa shape index (κ1) is 24.3. The molecule has 1 saturated heterocycles. The molecule has 2 aliphatic rings. The summed E-state index contributed by atoms with van der Waals surface area (Å²) in [6.07, 6.45) is 3.69. The molecule has 3 aromatic rings. The van der Waals surface area contributed by atoms with Crippen LogP contribution in [-0.4, -0.2) is 48.9 Å². The zero-order chi connectivity index (χ0) is 25.0. The number of likely N-dealkylation sites (tertiary alicyclic amines) is 1. The maximum Gasteiger partial charge on any atom is 0.251 e. The van der Waals surface area contributed by atoms with Crippen LogP contribution in [0.1, 0.15) is 54.1 Å². The first-order chi connectivity index (χ1) is 17.6. The molecule has 1 aliphatic heterocycles. The summed E-state index contributed by atoms with van der Waals surface area (Å²) in [5.74, 6) is 0.119. The maximum absolute atomic E-state index is 13.7. The third-order valence-electron chi connectivity index (χ3n) is 7.59. The second-order valence-electron chi connectivity index (χ2n) is 10.0. The highest BCUT2D eigenvalue weighted by molar-refractivity contribution is 6.00. The maximum atomic E-state index is 13.7. The molecule has 5 heteroatoms. The number of benzene rings is 3. The average molecular weight is 482 g/mol. The van der Waals surface area contributed by atoms with Crippen LogP contribution in [0.5, 0.6) is 0 Å². The largest absolute Gasteiger partial charge is 0.355 e. The van der Waals surface area contributed by atoms with Crippen molar-refractivity contribution in [3.8, 4) is 11.1 Å². The van der Waals surface area contributed by atoms with E-state index >= 15 is 0 Å². The third-order valence-corrected chi connectivity index (χ3v) is 7.59. The molecule has 2 amide bonds. The molecule has 0 saturated carbocycles. The van der Waals surface area contributed by atoms with Crippen LogP contribution in [0, 0.1) is 0 Å². The Morgan fingerprint density at radius 2 is 1.47 bits per heavy atom. The van der Waals surface area contributed by atoms with Gasteiger partial charge in [0.05, 0.1) is 6.04 Å². The summed E-state index contributed by atoms with van der Waals surface area (Å²) in [4.78, 5) is 28.5. The summed E-state index contributed by atoms with van der Waals surface area (Å²) in [5.41, 5.74) is 4.70. The van der Waals surface area contributed by atoms with Gasteiger partial charge in [0.2, 0.25) is 5.91 Å². The minimum Gasteiger partial charge on any atom is -0.355 e. The summed E-state index contributed by atoms with van der Waals surface area (Å²) in [6, 6.07) is 26.4. The Balaban J connectivity index is 1.21. The van der Waals surface area contributed by atoms with Gasteiger partial charge in [-0.15, -0.1) is 0 Å². The van der Waals surface area contributed by atoms with Crippen molar-refractivity contribution in [2.45, 2.75) is 44.1 Å². The highest BCUT2D eigenvalue weighted by atomic mass is 16.2. The fourth-order valence-corrected chi connectivity index (χ4v) is 5.77. The molecule has 0 radical (unpaired) electrons. The van der Waals surface area contributed by atoms with Gasteiger partial charge in [0.1, 0.15) is 5.41 Å². The van der Waals surface area contributed by atoms with Crippen molar-refractivity contribution in [2.24, 2.45) is 0 Å². The van der Waals surface area contributed by atoms with Gasteiger partial charge >= 0.3 is 0 Å². The number of carbonyl (C=O) groups excluding carboxylic acids is 2. The van der Waals surface area contributed by atoms with E-state index < -0.39 is 5.41 Å². The monoisotopic (exact) mass is 481 g/mol. The lowest BCUT2D eigenvalue weighted by Crippen LogP contribution is -2.59. The molecule has 0 aromatic heterocycles. The molecule has 3 aromatic carbocycles. The second kappa shape index (κ2) is 10.7. The van der Waals surface area contributed by atoms with E-state index in [1.807, 2.05) is 30.3 Å². The lowest BCUT2D eigenvalue weighted by molar-refractivity contribution is -0.125. The molecule has 186 valence electrons. The summed E-state index contributed by atoms with van der Waals surface area (Å²) in [5, 5.41) is 6.34. The van der Waals surface area contributed by atoms with Gasteiger partial charge < -0.3 is 10.6 Å². The number of nitrogens with zero attached hydrogens (tertiary/aromatic N) is 1. The molecule has 5 nitrogen and oxygen atoms in total. The van der Waals surface area contributed by atoms with Crippen molar-refractivity contribution in [1.29, 1.82) is 0 Å². The van der Waals surface area contributed by atoms with E-state index in [1.54, 1.807) is 0 Å². The molecule has 1 aliphatic carbocycles. The number of fused-ring (bicyclic) bond motifs is 3. The van der Waals surface area contributed by atoms with Crippen LogP contribution in [0.2, 0.25) is 0 Å². The number of nitrogens with one attached hydrogen (secondary N) is 2. The Morgan fingerprint density at radius 3 is 2.11 bits per heavy atom. The Labute approximate surface area is 213 Å². The van der Waals surface area contributed by atoms with Gasteiger partial charge in [0, 0.05) is 25.2 Å². The highest BCUT2D eigenvalue weighted by Crippen LogP contribution is 2.51. The smallest absolute Gasteiger partial charge is 0.251 e. The van der Waals surface area contributed by atoms with Crippen molar-refractivity contribution in [1.82, 2.24) is 15.5 Å². The first-order valence-electron chi connectivity index (χ1n) is 13.2. The number of carbonyl (C=O) groups is 2. The Kier molecular flexibility index (Phi) is 7.19. The molecule has 0 unspecified atom stereocenters. The number of hydrogen-bond donors (Lipinski definition) is 2. The molecular weight excluding hydrogens is 446 g/mol. The van der Waals surface area contributed by atoms with Crippen LogP contribution in [0.15, 0.2) is 78.9 Å². The molecule has 1 heterocycles. The van der Waals surface area contributed by atoms with Gasteiger partial charge in [-0.1, -0.05) is 80.1 Å². The van der Waals surface area contributed by atoms with Gasteiger partial charge in [-0.05, 0) is 60.2 Å². The van der Waals surface area contributed by atoms with Crippen LogP contribution < -0.4 is 10.6 Å². The van der Waals surface area contributed by atoms with E-state index in [-0.39, 0.29) is 17.9 Å². The third kappa shape index (κ3) is 4.56. The number of rotatable bonds is 10. The van der Waals surface area contributed by atoms with Gasteiger partial charge in [-0.3, -0.25) is 14.5 Å². The van der Waals surface area contributed by atoms with Crippen LogP contribution in [0.4, 0.5) is 0 Å². The van der Waals surface area contributed by atoms with E-state index in [9.17, 15) is 9.59 Å². The summed E-state index contributed by atoms with van der Waals surface area (Å²) in [6.45, 7) is 5.52. The summed E-state index contributed by atoms with van der Waals surface area (Å²) < 4.78 is 0. The molecule has 1 fully saturated rings. The van der Waals surface area contributed by atoms with E-state index in [4.69, 9.17) is 0 Å². The molecule has 2 N–H and O–H groups in total. The Morgan fingerprint density at radius 1 is 0.861 bits per heavy atom. The van der Waals surface area contributed by atoms with Crippen molar-refractivity contribution < 1.29 is 9.59 Å². The molecule has 0 bridgehead atoms. The molecule has 0 spiro atoms. The van der Waals surface area contributed by atoms with Crippen LogP contribution in [-0.2, 0) is 10.2 Å². The van der Waals surface area contributed by atoms with Gasteiger partial charge in [-0.25, -0.2) is 0 Å². The zero-order valence-electron chi connectivity index (χ0n) is 21.0. The van der Waals surface area contributed by atoms with Crippen molar-refractivity contribution in [2.75, 3.05) is 26.2 Å². The van der Waals surface area contributed by atoms with Crippen molar-refractivity contribution in [3.63, 3.8) is 0 Å². The van der Waals surface area contributed by atoms with Gasteiger partial charge in [-0.2, -0.15) is 0 Å². The van der Waals surface area contributed by atoms with Crippen molar-refractivity contribution >= 4 is 11.8 Å². The standard InChI is InChI=1S/C31H35N3O2/c1-2-19-32-30(36)31(27-16-8-6-14-25(27)26-15-7-9-17-28(26)31)18-10-11-20-34-21-24(22-34)33-29(35)23-12-4-3-5-13-23/h3-9,12-17,24H,2,10-11,18-22H2,1H3,(H,32,36)(H,33,35). The van der Waals surface area contributed by atoms with Crippen LogP contribution in [0.3, 0.4) is 0 Å². The van der Waals surface area contributed by atoms with Crippen molar-refractivity contribution in [3.05, 3.63) is 95.6 Å². The predicted octanol–water partition coefficient (Wildman–Crippen LogP) is 4.76. The van der Waals surface area contributed by atoms with Crippen LogP contribution in [0.25, 0.3) is 11.1 Å². The Bertz CT molecular complexity index is 1170. The van der Waals surface area contributed by atoms with E-state index in [2.05, 4.69) is 71.0 Å². The first-order valence-corrected chi connectivity index (χ1v) is 13.2. The molecule has 36 heavy (non-hydrogen) atoms. The lowest BCUT2D eigenvalue weighted by Gasteiger charge is -2.40. The Hall–Kier alpha value is -3.44. The molecule has 5 rings (SSSR count). The lowest BCUT2D eigenvalue weighted by atomic mass is 9.73. The van der Waals surface area contributed by atoms with Gasteiger partial charge in [0.25, 0.3) is 5.91 Å². The minimum absolute atomic E-state index is 0.00107. The second-order valence-corrected chi connectivity index (χ2v) is 10.0. The quantitative estimate of drug-likeness (QED) is 0.410. The molecule has 0 atom stereocenters. The van der Waals surface area contributed by atoms with E-state index in [0.29, 0.717) is 12.1 Å². The minimum atomic E-state index is -0.635. The summed E-state index contributed by atoms with van der Waals surface area (Å²) >= 11 is 0. The van der Waals surface area contributed by atoms with Crippen LogP contribution >= 0.6 is 0 Å². The number of amides is 2. The van der Waals surface area contributed by atoms with Gasteiger partial charge in [0.15, 0.2) is 0 Å². The zero-order valence-corrected chi connectivity index (χ0v) is 21.0. The topological polar surface area (TPSA) is 61.4 Å². The fraction of sp³-hybridized carbons (Fsp3) is 0.355. The summed E-state index contributed by atoms with van der Waals surface area (Å²) in [7, 11) is 0. The average Bonchev–Trinajstić information content (AvgIpc) is 3.19. The number of hydrogen-bond acceptors (Lipinski definition) is 3. The fourth-order valence-electron chi connectivity index (χ4n) is 5.77. The predicted molar refractivity (Wildman–Crippen MR) is 144 cm³/mol. The highest BCUT2D eigenvalue weighted by Gasteiger charge is 2.48. The van der Waals surface area contributed by atoms with E-state index in [0.717, 1.165) is 56.4 Å². The van der Waals surface area contributed by atoms with E-state index in [1.165, 1.54) is 11.1 Å². The number of unbranched alkanes of at least 4 members (excludes halogenated alkanes) is 1. The normalized spacial score (nSPS) is 16.0.